The summed E-state index contributed by atoms with van der Waals surface area (Å²) in [4.78, 5) is 0. The summed E-state index contributed by atoms with van der Waals surface area (Å²) in [5, 5.41) is 0.688. The van der Waals surface area contributed by atoms with Gasteiger partial charge in [0.15, 0.2) is 0 Å². The normalized spacial score (nSPS) is 9.00. The quantitative estimate of drug-likeness (QED) is 0.436. The lowest BCUT2D eigenvalue weighted by Crippen LogP contribution is -3.00. The van der Waals surface area contributed by atoms with Crippen LogP contribution < -0.4 is 34.3 Å². The van der Waals surface area contributed by atoms with Crippen LogP contribution in [0, 0.1) is 6.92 Å². The highest BCUT2D eigenvalue weighted by Crippen LogP contribution is 2.09. The van der Waals surface area contributed by atoms with Gasteiger partial charge in [-0.25, -0.2) is 4.57 Å². The maximum atomic E-state index is 5.73. The zero-order chi connectivity index (χ0) is 7.72. The topological polar surface area (TPSA) is 29.9 Å². The van der Waals surface area contributed by atoms with Crippen LogP contribution in [0.4, 0.5) is 5.82 Å². The van der Waals surface area contributed by atoms with Gasteiger partial charge < -0.3 is 24.0 Å². The lowest BCUT2D eigenvalue weighted by molar-refractivity contribution is -0.663. The van der Waals surface area contributed by atoms with Crippen molar-refractivity contribution in [3.63, 3.8) is 0 Å². The van der Waals surface area contributed by atoms with Gasteiger partial charge in [0.2, 0.25) is 0 Å². The molecule has 0 aromatic carbocycles. The Morgan fingerprint density at radius 1 is 1.45 bits per heavy atom. The van der Waals surface area contributed by atoms with E-state index >= 15 is 0 Å². The van der Waals surface area contributed by atoms with E-state index in [4.69, 9.17) is 17.3 Å². The molecule has 0 bridgehead atoms. The summed E-state index contributed by atoms with van der Waals surface area (Å²) >= 11 is 5.73. The molecular weight excluding hydrogens is 274 g/mol. The van der Waals surface area contributed by atoms with Crippen LogP contribution in [0.1, 0.15) is 5.69 Å². The van der Waals surface area contributed by atoms with Crippen LogP contribution in [0.3, 0.4) is 0 Å². The smallest absolute Gasteiger partial charge is 0.273 e. The average molecular weight is 285 g/mol. The van der Waals surface area contributed by atoms with Gasteiger partial charge in [-0.2, -0.15) is 0 Å². The summed E-state index contributed by atoms with van der Waals surface area (Å²) in [5.41, 5.74) is 6.66. The molecule has 0 unspecified atom stereocenters. The number of pyridine rings is 1. The average Bonchev–Trinajstić information content (AvgIpc) is 1.82. The SMILES string of the molecule is Cc1cc(Cl)cc(N)[n+]1C.[I-]. The van der Waals surface area contributed by atoms with E-state index in [9.17, 15) is 0 Å². The van der Waals surface area contributed by atoms with Gasteiger partial charge >= 0.3 is 0 Å². The molecule has 0 atom stereocenters. The Hall–Kier alpha value is -0.0300. The van der Waals surface area contributed by atoms with Crippen LogP contribution in [0.15, 0.2) is 12.1 Å². The molecule has 2 N–H and O–H groups in total. The molecule has 0 saturated carbocycles. The minimum absolute atomic E-state index is 0. The first-order chi connectivity index (χ1) is 4.61. The monoisotopic (exact) mass is 284 g/mol. The fourth-order valence-corrected chi connectivity index (χ4v) is 1.05. The zero-order valence-corrected chi connectivity index (χ0v) is 9.35. The van der Waals surface area contributed by atoms with Crippen LogP contribution in [0.2, 0.25) is 5.02 Å². The lowest BCUT2D eigenvalue weighted by atomic mass is 10.3. The van der Waals surface area contributed by atoms with Gasteiger partial charge in [0, 0.05) is 6.07 Å². The fraction of sp³-hybridized carbons (Fsp3) is 0.286. The van der Waals surface area contributed by atoms with Crippen molar-refractivity contribution < 1.29 is 28.5 Å². The van der Waals surface area contributed by atoms with Crippen LogP contribution in [-0.4, -0.2) is 0 Å². The Morgan fingerprint density at radius 2 is 2.00 bits per heavy atom. The minimum atomic E-state index is 0. The molecule has 1 heterocycles. The third-order valence-electron chi connectivity index (χ3n) is 1.55. The van der Waals surface area contributed by atoms with Crippen molar-refractivity contribution in [1.29, 1.82) is 0 Å². The highest BCUT2D eigenvalue weighted by Gasteiger charge is 2.03. The van der Waals surface area contributed by atoms with Gasteiger partial charge in [0.25, 0.3) is 5.82 Å². The Balaban J connectivity index is 0.000001000. The molecule has 1 aromatic heterocycles. The molecule has 0 spiro atoms. The number of aryl methyl sites for hydroxylation is 1. The zero-order valence-electron chi connectivity index (χ0n) is 6.44. The first-order valence-corrected chi connectivity index (χ1v) is 3.40. The molecular formula is C7H10ClIN2. The molecule has 0 fully saturated rings. The van der Waals surface area contributed by atoms with Gasteiger partial charge in [-0.05, 0) is 13.0 Å². The number of nitrogens with zero attached hydrogens (tertiary/aromatic N) is 1. The second-order valence-electron chi connectivity index (χ2n) is 2.30. The van der Waals surface area contributed by atoms with Crippen LogP contribution >= 0.6 is 11.6 Å². The predicted octanol–water partition coefficient (Wildman–Crippen LogP) is -1.94. The summed E-state index contributed by atoms with van der Waals surface area (Å²) in [6, 6.07) is 3.60. The van der Waals surface area contributed by atoms with E-state index in [0.717, 1.165) is 5.69 Å². The molecule has 2 nitrogen and oxygen atoms in total. The molecule has 0 aliphatic carbocycles. The summed E-state index contributed by atoms with van der Waals surface area (Å²) in [6.07, 6.45) is 0. The minimum Gasteiger partial charge on any atom is -1.00 e. The third-order valence-corrected chi connectivity index (χ3v) is 1.77. The van der Waals surface area contributed by atoms with E-state index in [1.54, 1.807) is 6.07 Å². The van der Waals surface area contributed by atoms with Crippen molar-refractivity contribution in [2.24, 2.45) is 7.05 Å². The number of aromatic nitrogens is 1. The van der Waals surface area contributed by atoms with E-state index in [1.165, 1.54) is 0 Å². The van der Waals surface area contributed by atoms with Crippen molar-refractivity contribution in [3.05, 3.63) is 22.8 Å². The number of rotatable bonds is 0. The van der Waals surface area contributed by atoms with Crippen molar-refractivity contribution in [1.82, 2.24) is 0 Å². The van der Waals surface area contributed by atoms with Crippen molar-refractivity contribution >= 4 is 17.4 Å². The van der Waals surface area contributed by atoms with Gasteiger partial charge in [0.1, 0.15) is 5.69 Å². The lowest BCUT2D eigenvalue weighted by Gasteiger charge is -1.99. The summed E-state index contributed by atoms with van der Waals surface area (Å²) in [7, 11) is 1.90. The standard InChI is InChI=1S/C7H9ClN2.HI/c1-5-3-6(8)4-7(9)10(5)2;/h3-4,9H,1-2H3;1H. The third kappa shape index (κ3) is 2.48. The number of nitrogen functional groups attached to an aromatic ring is 1. The van der Waals surface area contributed by atoms with Gasteiger partial charge in [-0.3, -0.25) is 5.73 Å². The van der Waals surface area contributed by atoms with Gasteiger partial charge in [0.05, 0.1) is 12.1 Å². The number of anilines is 1. The summed E-state index contributed by atoms with van der Waals surface area (Å²) in [6.45, 7) is 1.96. The molecule has 0 saturated heterocycles. The summed E-state index contributed by atoms with van der Waals surface area (Å²) in [5.74, 6) is 0.685. The highest BCUT2D eigenvalue weighted by molar-refractivity contribution is 6.30. The summed E-state index contributed by atoms with van der Waals surface area (Å²) < 4.78 is 1.88. The number of nitrogens with two attached hydrogens (primary N) is 1. The molecule has 0 amide bonds. The molecule has 62 valence electrons. The number of halogens is 2. The molecule has 0 aliphatic rings. The van der Waals surface area contributed by atoms with Crippen LogP contribution in [0.5, 0.6) is 0 Å². The Morgan fingerprint density at radius 3 is 2.45 bits per heavy atom. The molecule has 11 heavy (non-hydrogen) atoms. The van der Waals surface area contributed by atoms with Gasteiger partial charge in [-0.15, -0.1) is 0 Å². The fourth-order valence-electron chi connectivity index (χ4n) is 0.780. The molecule has 0 radical (unpaired) electrons. The van der Waals surface area contributed by atoms with E-state index < -0.39 is 0 Å². The first kappa shape index (κ1) is 11.0. The molecule has 1 aromatic rings. The van der Waals surface area contributed by atoms with E-state index in [2.05, 4.69) is 0 Å². The highest BCUT2D eigenvalue weighted by atomic mass is 127. The Bertz CT molecular complexity index is 240. The van der Waals surface area contributed by atoms with Gasteiger partial charge in [-0.1, -0.05) is 11.6 Å². The maximum Gasteiger partial charge on any atom is 0.273 e. The van der Waals surface area contributed by atoms with Crippen molar-refractivity contribution in [3.8, 4) is 0 Å². The largest absolute Gasteiger partial charge is 1.00 e. The number of hydrogen-bond donors (Lipinski definition) is 1. The van der Waals surface area contributed by atoms with E-state index in [-0.39, 0.29) is 24.0 Å². The Kier molecular flexibility index (Phi) is 4.10. The van der Waals surface area contributed by atoms with Crippen LogP contribution in [-0.2, 0) is 7.05 Å². The predicted molar refractivity (Wildman–Crippen MR) is 41.8 cm³/mol. The molecule has 1 rings (SSSR count). The number of hydrogen-bond acceptors (Lipinski definition) is 1. The van der Waals surface area contributed by atoms with Crippen molar-refractivity contribution in [2.75, 3.05) is 5.73 Å². The maximum absolute atomic E-state index is 5.73. The second-order valence-corrected chi connectivity index (χ2v) is 2.74. The van der Waals surface area contributed by atoms with Crippen LogP contribution in [0.25, 0.3) is 0 Å². The van der Waals surface area contributed by atoms with Crippen molar-refractivity contribution in [2.45, 2.75) is 6.92 Å². The van der Waals surface area contributed by atoms with E-state index in [1.807, 2.05) is 24.6 Å². The van der Waals surface area contributed by atoms with E-state index in [0.29, 0.717) is 10.8 Å². The Labute approximate surface area is 88.4 Å². The first-order valence-electron chi connectivity index (χ1n) is 3.03. The molecule has 0 aliphatic heterocycles. The second kappa shape index (κ2) is 4.11. The molecule has 4 heteroatoms.